The third kappa shape index (κ3) is 5.81. The Kier molecular flexibility index (Phi) is 6.30. The Morgan fingerprint density at radius 1 is 1.26 bits per heavy atom. The second kappa shape index (κ2) is 7.07. The second-order valence-corrected chi connectivity index (χ2v) is 8.23. The Bertz CT molecular complexity index is 500. The zero-order valence-electron chi connectivity index (χ0n) is 11.1. The summed E-state index contributed by atoms with van der Waals surface area (Å²) < 4.78 is 26.9. The van der Waals surface area contributed by atoms with Gasteiger partial charge in [0.2, 0.25) is 10.0 Å². The molecule has 0 saturated carbocycles. The third-order valence-corrected chi connectivity index (χ3v) is 5.08. The molecule has 0 unspecified atom stereocenters. The van der Waals surface area contributed by atoms with Gasteiger partial charge in [0.05, 0.1) is 4.90 Å². The van der Waals surface area contributed by atoms with E-state index in [1.165, 1.54) is 12.1 Å². The largest absolute Gasteiger partial charge is 0.240 e. The minimum absolute atomic E-state index is 0.0622. The van der Waals surface area contributed by atoms with Gasteiger partial charge in [0.1, 0.15) is 0 Å². The summed E-state index contributed by atoms with van der Waals surface area (Å²) in [5.41, 5.74) is -0.0622. The van der Waals surface area contributed by atoms with Crippen molar-refractivity contribution in [2.75, 3.05) is 11.9 Å². The zero-order valence-corrected chi connectivity index (χ0v) is 14.3. The Hall–Kier alpha value is -0.100. The molecule has 108 valence electrons. The maximum Gasteiger partial charge on any atom is 0.240 e. The highest BCUT2D eigenvalue weighted by Crippen LogP contribution is 2.23. The third-order valence-electron chi connectivity index (χ3n) is 2.85. The molecule has 0 aromatic heterocycles. The maximum atomic E-state index is 12.1. The number of alkyl halides is 1. The van der Waals surface area contributed by atoms with E-state index < -0.39 is 10.0 Å². The number of hydrogen-bond acceptors (Lipinski definition) is 2. The van der Waals surface area contributed by atoms with E-state index in [0.29, 0.717) is 11.6 Å². The van der Waals surface area contributed by atoms with E-state index in [9.17, 15) is 8.42 Å². The number of sulfonamides is 1. The van der Waals surface area contributed by atoms with Gasteiger partial charge in [-0.05, 0) is 42.5 Å². The van der Waals surface area contributed by atoms with Gasteiger partial charge in [-0.3, -0.25) is 0 Å². The van der Waals surface area contributed by atoms with Crippen molar-refractivity contribution >= 4 is 37.6 Å². The molecule has 1 aromatic carbocycles. The van der Waals surface area contributed by atoms with Crippen LogP contribution in [0.15, 0.2) is 29.2 Å². The van der Waals surface area contributed by atoms with Gasteiger partial charge < -0.3 is 0 Å². The van der Waals surface area contributed by atoms with E-state index in [4.69, 9.17) is 11.6 Å². The highest BCUT2D eigenvalue weighted by molar-refractivity contribution is 9.09. The first kappa shape index (κ1) is 17.0. The molecular formula is C13H19BrClNO2S. The summed E-state index contributed by atoms with van der Waals surface area (Å²) in [5.74, 6) is 0. The van der Waals surface area contributed by atoms with Crippen molar-refractivity contribution < 1.29 is 8.42 Å². The number of halogens is 2. The van der Waals surface area contributed by atoms with Gasteiger partial charge in [0.15, 0.2) is 0 Å². The highest BCUT2D eigenvalue weighted by atomic mass is 79.9. The van der Waals surface area contributed by atoms with E-state index >= 15 is 0 Å². The molecule has 1 rings (SSSR count). The lowest BCUT2D eigenvalue weighted by molar-refractivity contribution is 0.332. The summed E-state index contributed by atoms with van der Waals surface area (Å²) in [6.07, 6.45) is 1.98. The van der Waals surface area contributed by atoms with Crippen LogP contribution in [-0.2, 0) is 10.0 Å². The Morgan fingerprint density at radius 3 is 2.37 bits per heavy atom. The predicted octanol–water partition coefficient (Wildman–Crippen LogP) is 3.82. The minimum atomic E-state index is -3.46. The Morgan fingerprint density at radius 2 is 1.84 bits per heavy atom. The first-order valence-corrected chi connectivity index (χ1v) is 9.06. The van der Waals surface area contributed by atoms with Gasteiger partial charge >= 0.3 is 0 Å². The molecule has 0 aliphatic carbocycles. The molecule has 0 saturated heterocycles. The molecule has 0 aliphatic rings. The van der Waals surface area contributed by atoms with Crippen LogP contribution < -0.4 is 4.72 Å². The van der Waals surface area contributed by atoms with E-state index in [1.54, 1.807) is 12.1 Å². The fourth-order valence-electron chi connectivity index (χ4n) is 1.62. The quantitative estimate of drug-likeness (QED) is 0.744. The SMILES string of the molecule is CC(C)(CCCBr)CNS(=O)(=O)c1ccc(Cl)cc1. The molecule has 0 fully saturated rings. The normalized spacial score (nSPS) is 12.6. The molecule has 0 heterocycles. The molecule has 0 atom stereocenters. The number of hydrogen-bond donors (Lipinski definition) is 1. The van der Waals surface area contributed by atoms with Crippen LogP contribution in [0.3, 0.4) is 0 Å². The van der Waals surface area contributed by atoms with Crippen LogP contribution >= 0.6 is 27.5 Å². The Balaban J connectivity index is 2.68. The van der Waals surface area contributed by atoms with Crippen LogP contribution in [0, 0.1) is 5.41 Å². The van der Waals surface area contributed by atoms with Gasteiger partial charge in [0, 0.05) is 16.9 Å². The van der Waals surface area contributed by atoms with E-state index in [1.807, 2.05) is 0 Å². The summed E-state index contributed by atoms with van der Waals surface area (Å²) in [4.78, 5) is 0.244. The van der Waals surface area contributed by atoms with Crippen molar-refractivity contribution in [2.24, 2.45) is 5.41 Å². The van der Waals surface area contributed by atoms with Crippen molar-refractivity contribution in [3.63, 3.8) is 0 Å². The summed E-state index contributed by atoms with van der Waals surface area (Å²) in [6, 6.07) is 6.17. The molecule has 1 aromatic rings. The van der Waals surface area contributed by atoms with E-state index in [2.05, 4.69) is 34.5 Å². The summed E-state index contributed by atoms with van der Waals surface area (Å²) in [6.45, 7) is 4.53. The van der Waals surface area contributed by atoms with Gasteiger partial charge in [0.25, 0.3) is 0 Å². The molecule has 0 spiro atoms. The van der Waals surface area contributed by atoms with Crippen LogP contribution in [0.4, 0.5) is 0 Å². The zero-order chi connectivity index (χ0) is 14.5. The monoisotopic (exact) mass is 367 g/mol. The van der Waals surface area contributed by atoms with Crippen LogP contribution in [0.5, 0.6) is 0 Å². The van der Waals surface area contributed by atoms with Gasteiger partial charge in [-0.25, -0.2) is 13.1 Å². The van der Waals surface area contributed by atoms with Crippen LogP contribution in [0.25, 0.3) is 0 Å². The van der Waals surface area contributed by atoms with E-state index in [0.717, 1.165) is 18.2 Å². The molecule has 0 radical (unpaired) electrons. The fourth-order valence-corrected chi connectivity index (χ4v) is 3.27. The van der Waals surface area contributed by atoms with Crippen molar-refractivity contribution in [1.29, 1.82) is 0 Å². The van der Waals surface area contributed by atoms with Crippen molar-refractivity contribution in [3.8, 4) is 0 Å². The van der Waals surface area contributed by atoms with Crippen molar-refractivity contribution in [1.82, 2.24) is 4.72 Å². The number of nitrogens with one attached hydrogen (secondary N) is 1. The van der Waals surface area contributed by atoms with Crippen molar-refractivity contribution in [3.05, 3.63) is 29.3 Å². The van der Waals surface area contributed by atoms with Crippen LogP contribution in [-0.4, -0.2) is 20.3 Å². The maximum absolute atomic E-state index is 12.1. The topological polar surface area (TPSA) is 46.2 Å². The van der Waals surface area contributed by atoms with E-state index in [-0.39, 0.29) is 10.3 Å². The minimum Gasteiger partial charge on any atom is -0.211 e. The number of rotatable bonds is 7. The van der Waals surface area contributed by atoms with Gasteiger partial charge in [-0.1, -0.05) is 41.4 Å². The molecule has 1 N–H and O–H groups in total. The molecule has 0 bridgehead atoms. The smallest absolute Gasteiger partial charge is 0.211 e. The first-order valence-electron chi connectivity index (χ1n) is 6.08. The lowest BCUT2D eigenvalue weighted by atomic mass is 9.88. The summed E-state index contributed by atoms with van der Waals surface area (Å²) in [7, 11) is -3.46. The lowest BCUT2D eigenvalue weighted by Gasteiger charge is -2.24. The summed E-state index contributed by atoms with van der Waals surface area (Å²) >= 11 is 9.13. The predicted molar refractivity (Wildman–Crippen MR) is 83.4 cm³/mol. The fraction of sp³-hybridized carbons (Fsp3) is 0.538. The standard InChI is InChI=1S/C13H19BrClNO2S/c1-13(2,8-3-9-14)10-16-19(17,18)12-6-4-11(15)5-7-12/h4-7,16H,3,8-10H2,1-2H3. The molecule has 0 aliphatic heterocycles. The molecule has 3 nitrogen and oxygen atoms in total. The molecule has 19 heavy (non-hydrogen) atoms. The highest BCUT2D eigenvalue weighted by Gasteiger charge is 2.21. The Labute approximate surface area is 128 Å². The average molecular weight is 369 g/mol. The molecule has 6 heteroatoms. The second-order valence-electron chi connectivity index (χ2n) is 5.24. The lowest BCUT2D eigenvalue weighted by Crippen LogP contribution is -2.34. The van der Waals surface area contributed by atoms with Crippen LogP contribution in [0.2, 0.25) is 5.02 Å². The molecular weight excluding hydrogens is 350 g/mol. The first-order chi connectivity index (χ1) is 8.77. The van der Waals surface area contributed by atoms with Gasteiger partial charge in [-0.2, -0.15) is 0 Å². The molecule has 0 amide bonds. The van der Waals surface area contributed by atoms with Crippen LogP contribution in [0.1, 0.15) is 26.7 Å². The van der Waals surface area contributed by atoms with Gasteiger partial charge in [-0.15, -0.1) is 0 Å². The number of benzene rings is 1. The van der Waals surface area contributed by atoms with Crippen molar-refractivity contribution in [2.45, 2.75) is 31.6 Å². The average Bonchev–Trinajstić information content (AvgIpc) is 2.35. The summed E-state index contributed by atoms with van der Waals surface area (Å²) in [5, 5.41) is 1.46.